The second-order valence-corrected chi connectivity index (χ2v) is 8.19. The van der Waals surface area contributed by atoms with E-state index in [1.165, 1.54) is 31.4 Å². The predicted octanol–water partition coefficient (Wildman–Crippen LogP) is 2.38. The number of nitro groups is 1. The molecule has 21 heavy (non-hydrogen) atoms. The second kappa shape index (κ2) is 4.69. The lowest BCUT2D eigenvalue weighted by molar-refractivity contribution is -0.387. The molecule has 1 saturated carbocycles. The van der Waals surface area contributed by atoms with Crippen LogP contribution in [-0.2, 0) is 9.84 Å². The van der Waals surface area contributed by atoms with Gasteiger partial charge in [0.15, 0.2) is 9.84 Å². The fourth-order valence-corrected chi connectivity index (χ4v) is 4.02. The first kappa shape index (κ1) is 14.3. The molecule has 0 radical (unpaired) electrons. The first-order valence-electron chi connectivity index (χ1n) is 7.04. The summed E-state index contributed by atoms with van der Waals surface area (Å²) in [7, 11) is -3.62. The van der Waals surface area contributed by atoms with Crippen molar-refractivity contribution in [2.75, 3.05) is 24.2 Å². The molecular weight excluding hydrogens is 292 g/mol. The highest BCUT2D eigenvalue weighted by molar-refractivity contribution is 7.90. The molecule has 1 aliphatic heterocycles. The van der Waals surface area contributed by atoms with Crippen molar-refractivity contribution in [1.29, 1.82) is 0 Å². The van der Waals surface area contributed by atoms with E-state index in [4.69, 9.17) is 0 Å². The van der Waals surface area contributed by atoms with Gasteiger partial charge in [0, 0.05) is 31.1 Å². The number of benzene rings is 1. The molecule has 0 amide bonds. The average molecular weight is 310 g/mol. The van der Waals surface area contributed by atoms with E-state index in [-0.39, 0.29) is 10.6 Å². The Morgan fingerprint density at radius 3 is 2.57 bits per heavy atom. The Morgan fingerprint density at radius 2 is 2.00 bits per heavy atom. The van der Waals surface area contributed by atoms with Gasteiger partial charge in [-0.2, -0.15) is 0 Å². The molecule has 1 aliphatic carbocycles. The van der Waals surface area contributed by atoms with E-state index in [1.54, 1.807) is 6.07 Å². The Balaban J connectivity index is 1.98. The van der Waals surface area contributed by atoms with Crippen LogP contribution in [0.25, 0.3) is 0 Å². The third kappa shape index (κ3) is 2.74. The number of hydrogen-bond acceptors (Lipinski definition) is 5. The largest absolute Gasteiger partial charge is 0.371 e. The lowest BCUT2D eigenvalue weighted by atomic mass is 9.94. The normalized spacial score (nSPS) is 20.5. The number of anilines is 1. The maximum Gasteiger partial charge on any atom is 0.288 e. The molecule has 1 heterocycles. The van der Waals surface area contributed by atoms with Gasteiger partial charge in [-0.25, -0.2) is 8.42 Å². The molecule has 6 nitrogen and oxygen atoms in total. The maximum absolute atomic E-state index is 11.8. The van der Waals surface area contributed by atoms with Crippen molar-refractivity contribution < 1.29 is 13.3 Å². The molecular formula is C14H18N2O4S. The van der Waals surface area contributed by atoms with Gasteiger partial charge in [-0.15, -0.1) is 0 Å². The molecule has 3 rings (SSSR count). The highest BCUT2D eigenvalue weighted by Crippen LogP contribution is 2.52. The molecule has 0 unspecified atom stereocenters. The summed E-state index contributed by atoms with van der Waals surface area (Å²) in [6, 6.07) is 4.42. The van der Waals surface area contributed by atoms with Gasteiger partial charge >= 0.3 is 0 Å². The fourth-order valence-electron chi connectivity index (χ4n) is 3.16. The Bertz CT molecular complexity index is 695. The van der Waals surface area contributed by atoms with Crippen molar-refractivity contribution in [1.82, 2.24) is 0 Å². The lowest BCUT2D eigenvalue weighted by Gasteiger charge is -2.34. The number of piperidine rings is 1. The standard InChI is InChI=1S/C14H18N2O4S/c1-21(19,20)13-9-11(3-4-12(13)16(17)18)15-8-2-5-14(10-15)6-7-14/h3-4,9H,2,5-8,10H2,1H3. The Kier molecular flexibility index (Phi) is 3.20. The van der Waals surface area contributed by atoms with Crippen molar-refractivity contribution in [3.05, 3.63) is 28.3 Å². The van der Waals surface area contributed by atoms with Gasteiger partial charge in [0.2, 0.25) is 0 Å². The zero-order chi connectivity index (χ0) is 15.3. The third-order valence-corrected chi connectivity index (χ3v) is 5.65. The molecule has 7 heteroatoms. The molecule has 0 N–H and O–H groups in total. The van der Waals surface area contributed by atoms with E-state index >= 15 is 0 Å². The van der Waals surface area contributed by atoms with Crippen LogP contribution in [0.4, 0.5) is 11.4 Å². The summed E-state index contributed by atoms with van der Waals surface area (Å²) in [5.41, 5.74) is 0.831. The fraction of sp³-hybridized carbons (Fsp3) is 0.571. The van der Waals surface area contributed by atoms with Crippen LogP contribution in [0.15, 0.2) is 23.1 Å². The molecule has 2 fully saturated rings. The second-order valence-electron chi connectivity index (χ2n) is 6.21. The van der Waals surface area contributed by atoms with Crippen molar-refractivity contribution in [3.63, 3.8) is 0 Å². The minimum atomic E-state index is -3.62. The van der Waals surface area contributed by atoms with Crippen LogP contribution < -0.4 is 4.90 Å². The third-order valence-electron chi connectivity index (χ3n) is 4.52. The van der Waals surface area contributed by atoms with Crippen molar-refractivity contribution >= 4 is 21.2 Å². The molecule has 1 spiro atoms. The number of nitro benzene ring substituents is 1. The molecule has 1 aromatic rings. The number of rotatable bonds is 3. The molecule has 0 aromatic heterocycles. The Labute approximate surface area is 123 Å². The SMILES string of the molecule is CS(=O)(=O)c1cc(N2CCCC3(CC3)C2)ccc1[N+](=O)[O-]. The summed E-state index contributed by atoms with van der Waals surface area (Å²) in [5.74, 6) is 0. The minimum Gasteiger partial charge on any atom is -0.371 e. The van der Waals surface area contributed by atoms with Crippen LogP contribution in [0.1, 0.15) is 25.7 Å². The molecule has 114 valence electrons. The predicted molar refractivity (Wildman–Crippen MR) is 79.3 cm³/mol. The topological polar surface area (TPSA) is 80.5 Å². The van der Waals surface area contributed by atoms with Crippen molar-refractivity contribution in [3.8, 4) is 0 Å². The zero-order valence-electron chi connectivity index (χ0n) is 11.9. The van der Waals surface area contributed by atoms with Crippen LogP contribution in [0.5, 0.6) is 0 Å². The van der Waals surface area contributed by atoms with Gasteiger partial charge in [0.25, 0.3) is 5.69 Å². The van der Waals surface area contributed by atoms with E-state index in [1.807, 2.05) is 0 Å². The summed E-state index contributed by atoms with van der Waals surface area (Å²) in [6.45, 7) is 1.80. The average Bonchev–Trinajstić information content (AvgIpc) is 3.16. The van der Waals surface area contributed by atoms with E-state index in [0.29, 0.717) is 5.41 Å². The maximum atomic E-state index is 11.8. The smallest absolute Gasteiger partial charge is 0.288 e. The molecule has 1 aromatic carbocycles. The number of sulfone groups is 1. The molecule has 0 atom stereocenters. The van der Waals surface area contributed by atoms with Crippen molar-refractivity contribution in [2.45, 2.75) is 30.6 Å². The zero-order valence-corrected chi connectivity index (χ0v) is 12.7. The first-order valence-corrected chi connectivity index (χ1v) is 8.93. The highest BCUT2D eigenvalue weighted by atomic mass is 32.2. The summed E-state index contributed by atoms with van der Waals surface area (Å²) < 4.78 is 23.6. The minimum absolute atomic E-state index is 0.194. The lowest BCUT2D eigenvalue weighted by Crippen LogP contribution is -2.36. The van der Waals surface area contributed by atoms with E-state index in [0.717, 1.165) is 31.5 Å². The summed E-state index contributed by atoms with van der Waals surface area (Å²) in [6.07, 6.45) is 5.79. The van der Waals surface area contributed by atoms with Crippen LogP contribution in [-0.4, -0.2) is 32.7 Å². The van der Waals surface area contributed by atoms with E-state index in [9.17, 15) is 18.5 Å². The monoisotopic (exact) mass is 310 g/mol. The van der Waals surface area contributed by atoms with Gasteiger partial charge in [-0.1, -0.05) is 0 Å². The quantitative estimate of drug-likeness (QED) is 0.632. The van der Waals surface area contributed by atoms with Gasteiger partial charge in [-0.3, -0.25) is 10.1 Å². The van der Waals surface area contributed by atoms with Crippen LogP contribution in [0.2, 0.25) is 0 Å². The van der Waals surface area contributed by atoms with Crippen LogP contribution >= 0.6 is 0 Å². The first-order chi connectivity index (χ1) is 9.81. The summed E-state index contributed by atoms with van der Waals surface area (Å²) in [5, 5.41) is 11.0. The van der Waals surface area contributed by atoms with Gasteiger partial charge < -0.3 is 4.90 Å². The van der Waals surface area contributed by atoms with Gasteiger partial charge in [0.1, 0.15) is 4.90 Å². The molecule has 0 bridgehead atoms. The molecule has 2 aliphatic rings. The van der Waals surface area contributed by atoms with Crippen LogP contribution in [0.3, 0.4) is 0 Å². The van der Waals surface area contributed by atoms with E-state index < -0.39 is 14.8 Å². The van der Waals surface area contributed by atoms with E-state index in [2.05, 4.69) is 4.90 Å². The van der Waals surface area contributed by atoms with Crippen molar-refractivity contribution in [2.24, 2.45) is 5.41 Å². The van der Waals surface area contributed by atoms with Gasteiger partial charge in [-0.05, 0) is 43.2 Å². The number of hydrogen-bond donors (Lipinski definition) is 0. The molecule has 1 saturated heterocycles. The highest BCUT2D eigenvalue weighted by Gasteiger charge is 2.45. The van der Waals surface area contributed by atoms with Gasteiger partial charge in [0.05, 0.1) is 4.92 Å². The van der Waals surface area contributed by atoms with Crippen LogP contribution in [0, 0.1) is 15.5 Å². The summed E-state index contributed by atoms with van der Waals surface area (Å²) in [4.78, 5) is 12.3. The number of nitrogens with zero attached hydrogens (tertiary/aromatic N) is 2. The summed E-state index contributed by atoms with van der Waals surface area (Å²) >= 11 is 0. The Morgan fingerprint density at radius 1 is 1.29 bits per heavy atom. The Hall–Kier alpha value is -1.63.